The summed E-state index contributed by atoms with van der Waals surface area (Å²) >= 11 is 0. The lowest BCUT2D eigenvalue weighted by molar-refractivity contribution is 0.0594. The fraction of sp³-hybridized carbons (Fsp3) is 0.529. The summed E-state index contributed by atoms with van der Waals surface area (Å²) in [5.41, 5.74) is 6.99. The van der Waals surface area contributed by atoms with Crippen LogP contribution in [-0.2, 0) is 0 Å². The number of nitrogens with zero attached hydrogens (tertiary/aromatic N) is 2. The van der Waals surface area contributed by atoms with Gasteiger partial charge in [-0.05, 0) is 30.4 Å². The largest absolute Gasteiger partial charge is 0.337 e. The van der Waals surface area contributed by atoms with Crippen LogP contribution in [0.5, 0.6) is 0 Å². The number of carbonyl (C=O) groups excluding carboxylic acids is 1. The zero-order valence-electron chi connectivity index (χ0n) is 12.9. The molecule has 0 saturated carbocycles. The Bertz CT molecular complexity index is 546. The minimum absolute atomic E-state index is 0.0199. The summed E-state index contributed by atoms with van der Waals surface area (Å²) in [6, 6.07) is 3.57. The number of amides is 1. The highest BCUT2D eigenvalue weighted by Gasteiger charge is 2.30. The van der Waals surface area contributed by atoms with E-state index in [1.807, 2.05) is 11.0 Å². The number of hydrogen-bond donors (Lipinski definition) is 1. The highest BCUT2D eigenvalue weighted by atomic mass is 16.2. The van der Waals surface area contributed by atoms with Crippen molar-refractivity contribution in [3.63, 3.8) is 0 Å². The van der Waals surface area contributed by atoms with Crippen molar-refractivity contribution in [2.75, 3.05) is 19.6 Å². The highest BCUT2D eigenvalue weighted by molar-refractivity contribution is 5.92. The molecule has 1 aromatic heterocycles. The molecule has 0 atom stereocenters. The third-order valence-corrected chi connectivity index (χ3v) is 4.43. The topological polar surface area (TPSA) is 59.2 Å². The van der Waals surface area contributed by atoms with Gasteiger partial charge in [-0.25, -0.2) is 4.98 Å². The van der Waals surface area contributed by atoms with Crippen LogP contribution >= 0.6 is 0 Å². The van der Waals surface area contributed by atoms with E-state index in [0.717, 1.165) is 31.5 Å². The van der Waals surface area contributed by atoms with Crippen molar-refractivity contribution in [2.24, 2.45) is 11.1 Å². The summed E-state index contributed by atoms with van der Waals surface area (Å²) < 4.78 is 0. The highest BCUT2D eigenvalue weighted by Crippen LogP contribution is 2.34. The quantitative estimate of drug-likeness (QED) is 0.846. The Labute approximate surface area is 126 Å². The number of nitrogens with two attached hydrogens (primary N) is 1. The molecule has 1 saturated heterocycles. The molecule has 1 aromatic rings. The van der Waals surface area contributed by atoms with E-state index < -0.39 is 0 Å². The van der Waals surface area contributed by atoms with Gasteiger partial charge < -0.3 is 10.6 Å². The fourth-order valence-corrected chi connectivity index (χ4v) is 2.51. The molecule has 0 aromatic carbocycles. The van der Waals surface area contributed by atoms with Gasteiger partial charge in [0.05, 0.1) is 6.54 Å². The lowest BCUT2D eigenvalue weighted by atomic mass is 9.78. The van der Waals surface area contributed by atoms with Gasteiger partial charge in [0, 0.05) is 24.8 Å². The molecule has 2 rings (SSSR count). The second kappa shape index (κ2) is 6.73. The Hall–Kier alpha value is -1.86. The van der Waals surface area contributed by atoms with Crippen LogP contribution in [0.3, 0.4) is 0 Å². The lowest BCUT2D eigenvalue weighted by Gasteiger charge is -2.38. The van der Waals surface area contributed by atoms with Crippen LogP contribution in [0.1, 0.15) is 49.2 Å². The number of likely N-dealkylation sites (tertiary alicyclic amines) is 1. The summed E-state index contributed by atoms with van der Waals surface area (Å²) in [5.74, 6) is 5.70. The molecule has 1 amide bonds. The monoisotopic (exact) mass is 285 g/mol. The molecule has 0 radical (unpaired) electrons. The molecule has 2 N–H and O–H groups in total. The smallest absolute Gasteiger partial charge is 0.272 e. The molecular weight excluding hydrogens is 262 g/mol. The summed E-state index contributed by atoms with van der Waals surface area (Å²) in [4.78, 5) is 18.6. The number of hydrogen-bond acceptors (Lipinski definition) is 3. The van der Waals surface area contributed by atoms with Gasteiger partial charge in [0.15, 0.2) is 0 Å². The first kappa shape index (κ1) is 15.5. The predicted molar refractivity (Wildman–Crippen MR) is 83.7 cm³/mol. The van der Waals surface area contributed by atoms with Gasteiger partial charge in [0.1, 0.15) is 5.69 Å². The van der Waals surface area contributed by atoms with Gasteiger partial charge in [-0.2, -0.15) is 0 Å². The normalized spacial score (nSPS) is 17.0. The van der Waals surface area contributed by atoms with E-state index in [9.17, 15) is 4.79 Å². The van der Waals surface area contributed by atoms with Crippen LogP contribution in [0.2, 0.25) is 0 Å². The predicted octanol–water partition coefficient (Wildman–Crippen LogP) is 2.04. The van der Waals surface area contributed by atoms with E-state index in [-0.39, 0.29) is 5.91 Å². The third-order valence-electron chi connectivity index (χ3n) is 4.43. The molecule has 2 heterocycles. The van der Waals surface area contributed by atoms with E-state index in [1.54, 1.807) is 12.3 Å². The number of pyridine rings is 1. The van der Waals surface area contributed by atoms with Crippen LogP contribution in [0, 0.1) is 17.3 Å². The van der Waals surface area contributed by atoms with Crippen LogP contribution in [-0.4, -0.2) is 35.4 Å². The molecule has 0 aliphatic carbocycles. The number of aromatic nitrogens is 1. The van der Waals surface area contributed by atoms with Gasteiger partial charge in [-0.1, -0.05) is 32.1 Å². The number of piperidine rings is 1. The van der Waals surface area contributed by atoms with Gasteiger partial charge in [0.2, 0.25) is 0 Å². The summed E-state index contributed by atoms with van der Waals surface area (Å²) in [7, 11) is 0. The molecular formula is C17H23N3O. The summed E-state index contributed by atoms with van der Waals surface area (Å²) in [5, 5.41) is 0. The number of carbonyl (C=O) groups is 1. The van der Waals surface area contributed by atoms with Crippen LogP contribution < -0.4 is 5.73 Å². The molecule has 1 fully saturated rings. The minimum atomic E-state index is 0.0199. The van der Waals surface area contributed by atoms with E-state index in [2.05, 4.69) is 30.7 Å². The maximum Gasteiger partial charge on any atom is 0.272 e. The van der Waals surface area contributed by atoms with Gasteiger partial charge >= 0.3 is 0 Å². The van der Waals surface area contributed by atoms with E-state index in [0.29, 0.717) is 17.7 Å². The Morgan fingerprint density at radius 1 is 1.43 bits per heavy atom. The summed E-state index contributed by atoms with van der Waals surface area (Å²) in [6.45, 7) is 6.49. The fourth-order valence-electron chi connectivity index (χ4n) is 2.51. The molecule has 1 aliphatic heterocycles. The molecule has 1 aliphatic rings. The Morgan fingerprint density at radius 3 is 2.67 bits per heavy atom. The van der Waals surface area contributed by atoms with E-state index in [1.165, 1.54) is 6.42 Å². The van der Waals surface area contributed by atoms with Crippen molar-refractivity contribution in [2.45, 2.75) is 33.1 Å². The Balaban J connectivity index is 2.01. The SMILES string of the molecule is CCC1(C)CCN(C(=O)c2ccc(C#CCN)cn2)CC1. The first-order valence-electron chi connectivity index (χ1n) is 7.52. The second-order valence-corrected chi connectivity index (χ2v) is 5.89. The van der Waals surface area contributed by atoms with Crippen molar-refractivity contribution in [1.82, 2.24) is 9.88 Å². The van der Waals surface area contributed by atoms with Crippen molar-refractivity contribution in [3.8, 4) is 11.8 Å². The molecule has 4 heteroatoms. The van der Waals surface area contributed by atoms with E-state index in [4.69, 9.17) is 5.73 Å². The van der Waals surface area contributed by atoms with Crippen molar-refractivity contribution in [1.29, 1.82) is 0 Å². The zero-order chi connectivity index (χ0) is 15.3. The second-order valence-electron chi connectivity index (χ2n) is 5.89. The van der Waals surface area contributed by atoms with Gasteiger partial charge in [0.25, 0.3) is 5.91 Å². The van der Waals surface area contributed by atoms with Crippen molar-refractivity contribution in [3.05, 3.63) is 29.6 Å². The first-order chi connectivity index (χ1) is 10.1. The minimum Gasteiger partial charge on any atom is -0.337 e. The van der Waals surface area contributed by atoms with Crippen LogP contribution in [0.25, 0.3) is 0 Å². The van der Waals surface area contributed by atoms with Crippen molar-refractivity contribution < 1.29 is 4.79 Å². The van der Waals surface area contributed by atoms with Crippen LogP contribution in [0.15, 0.2) is 18.3 Å². The Kier molecular flexibility index (Phi) is 4.98. The van der Waals surface area contributed by atoms with Crippen LogP contribution in [0.4, 0.5) is 0 Å². The molecule has 112 valence electrons. The molecule has 0 unspecified atom stereocenters. The maximum atomic E-state index is 12.4. The average Bonchev–Trinajstić information content (AvgIpc) is 2.53. The standard InChI is InChI=1S/C17H23N3O/c1-3-17(2)8-11-20(12-9-17)16(21)15-7-6-14(13-19-15)5-4-10-18/h6-7,13H,3,8-12,18H2,1-2H3. The molecule has 0 bridgehead atoms. The zero-order valence-corrected chi connectivity index (χ0v) is 12.9. The first-order valence-corrected chi connectivity index (χ1v) is 7.52. The van der Waals surface area contributed by atoms with Crippen molar-refractivity contribution >= 4 is 5.91 Å². The van der Waals surface area contributed by atoms with Gasteiger partial charge in [-0.3, -0.25) is 4.79 Å². The number of rotatable bonds is 2. The average molecular weight is 285 g/mol. The molecule has 4 nitrogen and oxygen atoms in total. The Morgan fingerprint density at radius 2 is 2.14 bits per heavy atom. The van der Waals surface area contributed by atoms with E-state index >= 15 is 0 Å². The molecule has 21 heavy (non-hydrogen) atoms. The summed E-state index contributed by atoms with van der Waals surface area (Å²) in [6.07, 6.45) is 4.93. The maximum absolute atomic E-state index is 12.4. The third kappa shape index (κ3) is 3.83. The molecule has 0 spiro atoms. The van der Waals surface area contributed by atoms with Gasteiger partial charge in [-0.15, -0.1) is 0 Å². The lowest BCUT2D eigenvalue weighted by Crippen LogP contribution is -2.42.